The zero-order valence-electron chi connectivity index (χ0n) is 13.5. The van der Waals surface area contributed by atoms with Crippen LogP contribution in [0.4, 0.5) is 13.2 Å². The fourth-order valence-corrected chi connectivity index (χ4v) is 3.62. The lowest BCUT2D eigenvalue weighted by atomic mass is 9.77. The first-order valence-corrected chi connectivity index (χ1v) is 8.65. The lowest BCUT2D eigenvalue weighted by Gasteiger charge is -2.28. The Morgan fingerprint density at radius 2 is 1.68 bits per heavy atom. The molecule has 0 nitrogen and oxygen atoms in total. The van der Waals surface area contributed by atoms with Crippen molar-refractivity contribution in [2.75, 3.05) is 0 Å². The minimum Gasteiger partial charge on any atom is -0.166 e. The molecule has 0 spiro atoms. The van der Waals surface area contributed by atoms with Gasteiger partial charge < -0.3 is 0 Å². The number of unbranched alkanes of at least 4 members (excludes halogenated alkanes) is 2. The lowest BCUT2D eigenvalue weighted by molar-refractivity contribution is -0.137. The molecule has 0 N–H and O–H groups in total. The fraction of sp³-hybridized carbons (Fsp3) is 0.684. The molecule has 1 aliphatic rings. The summed E-state index contributed by atoms with van der Waals surface area (Å²) in [5, 5.41) is 0. The van der Waals surface area contributed by atoms with Crippen molar-refractivity contribution in [3.63, 3.8) is 0 Å². The van der Waals surface area contributed by atoms with E-state index >= 15 is 0 Å². The molecule has 2 rings (SSSR count). The van der Waals surface area contributed by atoms with E-state index in [0.717, 1.165) is 24.0 Å². The maximum atomic E-state index is 12.7. The van der Waals surface area contributed by atoms with Crippen LogP contribution in [0.15, 0.2) is 24.3 Å². The van der Waals surface area contributed by atoms with E-state index in [1.165, 1.54) is 63.5 Å². The maximum absolute atomic E-state index is 12.7. The lowest BCUT2D eigenvalue weighted by Crippen LogP contribution is -2.16. The average Bonchev–Trinajstić information content (AvgIpc) is 2.49. The van der Waals surface area contributed by atoms with Gasteiger partial charge in [0.25, 0.3) is 0 Å². The van der Waals surface area contributed by atoms with E-state index in [9.17, 15) is 13.2 Å². The van der Waals surface area contributed by atoms with Gasteiger partial charge in [-0.2, -0.15) is 13.2 Å². The Balaban J connectivity index is 1.81. The molecule has 0 atom stereocenters. The van der Waals surface area contributed by atoms with Crippen molar-refractivity contribution in [2.24, 2.45) is 11.8 Å². The van der Waals surface area contributed by atoms with Crippen LogP contribution >= 0.6 is 0 Å². The number of hydrogen-bond donors (Lipinski definition) is 0. The van der Waals surface area contributed by atoms with E-state index < -0.39 is 11.7 Å². The number of benzene rings is 1. The highest BCUT2D eigenvalue weighted by Gasteiger charge is 2.30. The van der Waals surface area contributed by atoms with Crippen molar-refractivity contribution in [1.29, 1.82) is 0 Å². The third kappa shape index (κ3) is 5.33. The SMILES string of the molecule is CCCCCC1CCC(Cc2cccc(C(F)(F)F)c2)CC1. The molecule has 0 heterocycles. The third-order valence-corrected chi connectivity index (χ3v) is 4.96. The van der Waals surface area contributed by atoms with Crippen LogP contribution < -0.4 is 0 Å². The van der Waals surface area contributed by atoms with Crippen LogP contribution in [0.1, 0.15) is 69.4 Å². The van der Waals surface area contributed by atoms with Gasteiger partial charge in [0.1, 0.15) is 0 Å². The Bertz CT molecular complexity index is 442. The van der Waals surface area contributed by atoms with Gasteiger partial charge in [-0.05, 0) is 42.7 Å². The molecule has 1 aromatic rings. The molecule has 0 bridgehead atoms. The van der Waals surface area contributed by atoms with Gasteiger partial charge in [0.2, 0.25) is 0 Å². The highest BCUT2D eigenvalue weighted by molar-refractivity contribution is 5.26. The molecule has 1 aromatic carbocycles. The van der Waals surface area contributed by atoms with Crippen molar-refractivity contribution in [1.82, 2.24) is 0 Å². The summed E-state index contributed by atoms with van der Waals surface area (Å²) < 4.78 is 38.2. The second kappa shape index (κ2) is 8.03. The fourth-order valence-electron chi connectivity index (χ4n) is 3.62. The monoisotopic (exact) mass is 312 g/mol. The van der Waals surface area contributed by atoms with E-state index in [0.29, 0.717) is 5.92 Å². The summed E-state index contributed by atoms with van der Waals surface area (Å²) in [5.41, 5.74) is 0.322. The Morgan fingerprint density at radius 3 is 2.32 bits per heavy atom. The van der Waals surface area contributed by atoms with Gasteiger partial charge >= 0.3 is 6.18 Å². The number of rotatable bonds is 6. The molecule has 1 fully saturated rings. The molecule has 0 aromatic heterocycles. The normalized spacial score (nSPS) is 22.7. The summed E-state index contributed by atoms with van der Waals surface area (Å²) in [6.45, 7) is 2.23. The summed E-state index contributed by atoms with van der Waals surface area (Å²) in [6, 6.07) is 5.86. The zero-order chi connectivity index (χ0) is 16.0. The van der Waals surface area contributed by atoms with Crippen LogP contribution in [0.2, 0.25) is 0 Å². The highest BCUT2D eigenvalue weighted by atomic mass is 19.4. The van der Waals surface area contributed by atoms with Gasteiger partial charge in [-0.15, -0.1) is 0 Å². The van der Waals surface area contributed by atoms with Gasteiger partial charge in [-0.1, -0.05) is 63.6 Å². The molecule has 1 saturated carbocycles. The standard InChI is InChI=1S/C19H27F3/c1-2-3-4-6-15-9-11-16(12-10-15)13-17-7-5-8-18(14-17)19(20,21)22/h5,7-8,14-16H,2-4,6,9-13H2,1H3. The minimum atomic E-state index is -4.23. The molecule has 0 unspecified atom stereocenters. The van der Waals surface area contributed by atoms with Gasteiger partial charge in [0.05, 0.1) is 5.56 Å². The summed E-state index contributed by atoms with van der Waals surface area (Å²) >= 11 is 0. The number of hydrogen-bond acceptors (Lipinski definition) is 0. The molecule has 0 aliphatic heterocycles. The highest BCUT2D eigenvalue weighted by Crippen LogP contribution is 2.35. The quantitative estimate of drug-likeness (QED) is 0.517. The zero-order valence-corrected chi connectivity index (χ0v) is 13.5. The van der Waals surface area contributed by atoms with E-state index in [-0.39, 0.29) is 0 Å². The van der Waals surface area contributed by atoms with Crippen molar-refractivity contribution in [2.45, 2.75) is 70.9 Å². The number of alkyl halides is 3. The summed E-state index contributed by atoms with van der Waals surface area (Å²) in [4.78, 5) is 0. The molecule has 22 heavy (non-hydrogen) atoms. The molecular weight excluding hydrogens is 285 g/mol. The topological polar surface area (TPSA) is 0 Å². The van der Waals surface area contributed by atoms with Gasteiger partial charge in [0, 0.05) is 0 Å². The molecule has 1 aliphatic carbocycles. The van der Waals surface area contributed by atoms with Crippen LogP contribution in [0.5, 0.6) is 0 Å². The third-order valence-electron chi connectivity index (χ3n) is 4.96. The molecule has 0 radical (unpaired) electrons. The van der Waals surface area contributed by atoms with Gasteiger partial charge in [0.15, 0.2) is 0 Å². The summed E-state index contributed by atoms with van der Waals surface area (Å²) in [6.07, 6.45) is 6.69. The first-order valence-electron chi connectivity index (χ1n) is 8.65. The molecule has 0 amide bonds. The van der Waals surface area contributed by atoms with E-state index in [4.69, 9.17) is 0 Å². The summed E-state index contributed by atoms with van der Waals surface area (Å²) in [5.74, 6) is 1.41. The molecule has 0 saturated heterocycles. The minimum absolute atomic E-state index is 0.516. The average molecular weight is 312 g/mol. The maximum Gasteiger partial charge on any atom is 0.416 e. The van der Waals surface area contributed by atoms with E-state index in [1.807, 2.05) is 6.07 Å². The Morgan fingerprint density at radius 1 is 1.00 bits per heavy atom. The van der Waals surface area contributed by atoms with Crippen LogP contribution in [-0.4, -0.2) is 0 Å². The van der Waals surface area contributed by atoms with Crippen LogP contribution in [-0.2, 0) is 12.6 Å². The molecule has 3 heteroatoms. The van der Waals surface area contributed by atoms with Crippen molar-refractivity contribution < 1.29 is 13.2 Å². The Labute approximate surface area is 132 Å². The van der Waals surface area contributed by atoms with Crippen LogP contribution in [0.3, 0.4) is 0 Å². The van der Waals surface area contributed by atoms with E-state index in [1.54, 1.807) is 0 Å². The molecule has 124 valence electrons. The predicted octanol–water partition coefficient (Wildman–Crippen LogP) is 6.63. The predicted molar refractivity (Wildman–Crippen MR) is 84.7 cm³/mol. The smallest absolute Gasteiger partial charge is 0.166 e. The second-order valence-electron chi connectivity index (χ2n) is 6.78. The largest absolute Gasteiger partial charge is 0.416 e. The van der Waals surface area contributed by atoms with E-state index in [2.05, 4.69) is 6.92 Å². The van der Waals surface area contributed by atoms with Gasteiger partial charge in [-0.25, -0.2) is 0 Å². The second-order valence-corrected chi connectivity index (χ2v) is 6.78. The van der Waals surface area contributed by atoms with Crippen molar-refractivity contribution in [3.8, 4) is 0 Å². The molecular formula is C19H27F3. The number of halogens is 3. The Kier molecular flexibility index (Phi) is 6.34. The van der Waals surface area contributed by atoms with Crippen molar-refractivity contribution in [3.05, 3.63) is 35.4 Å². The summed E-state index contributed by atoms with van der Waals surface area (Å²) in [7, 11) is 0. The first kappa shape index (κ1) is 17.4. The first-order chi connectivity index (χ1) is 10.5. The van der Waals surface area contributed by atoms with Gasteiger partial charge in [-0.3, -0.25) is 0 Å². The Hall–Kier alpha value is -0.990. The van der Waals surface area contributed by atoms with Crippen LogP contribution in [0, 0.1) is 11.8 Å². The van der Waals surface area contributed by atoms with Crippen LogP contribution in [0.25, 0.3) is 0 Å². The van der Waals surface area contributed by atoms with Crippen molar-refractivity contribution >= 4 is 0 Å².